The number of methoxy groups -OCH3 is 1. The topological polar surface area (TPSA) is 108 Å². The van der Waals surface area contributed by atoms with Gasteiger partial charge in [0.15, 0.2) is 0 Å². The number of hydrogen-bond donors (Lipinski definition) is 3. The average Bonchev–Trinajstić information content (AvgIpc) is 3.22. The number of benzene rings is 1. The molecular formula is C23H37N3O5S. The molecule has 0 saturated heterocycles. The van der Waals surface area contributed by atoms with Crippen LogP contribution in [-0.2, 0) is 14.8 Å². The minimum absolute atomic E-state index is 0.000554. The lowest BCUT2D eigenvalue weighted by Crippen LogP contribution is -2.52. The molecule has 1 aromatic rings. The summed E-state index contributed by atoms with van der Waals surface area (Å²) in [7, 11) is -0.924. The number of aliphatic hydroxyl groups is 1. The molecule has 3 atom stereocenters. The van der Waals surface area contributed by atoms with E-state index in [4.69, 9.17) is 4.74 Å². The van der Waals surface area contributed by atoms with E-state index in [1.165, 1.54) is 19.5 Å². The van der Waals surface area contributed by atoms with Crippen molar-refractivity contribution in [2.24, 2.45) is 16.7 Å². The molecule has 32 heavy (non-hydrogen) atoms. The first-order valence-corrected chi connectivity index (χ1v) is 12.7. The summed E-state index contributed by atoms with van der Waals surface area (Å²) < 4.78 is 32.5. The van der Waals surface area contributed by atoms with Crippen LogP contribution in [0.1, 0.15) is 50.4 Å². The number of carbonyl (C=O) groups excluding carboxylic acids is 1. The van der Waals surface area contributed by atoms with Gasteiger partial charge in [0.25, 0.3) is 5.91 Å². The van der Waals surface area contributed by atoms with Crippen LogP contribution >= 0.6 is 0 Å². The molecule has 2 saturated carbocycles. The second-order valence-corrected chi connectivity index (χ2v) is 12.0. The van der Waals surface area contributed by atoms with Gasteiger partial charge < -0.3 is 20.5 Å². The van der Waals surface area contributed by atoms with Gasteiger partial charge in [0.1, 0.15) is 4.90 Å². The number of nitrogens with zero attached hydrogens (tertiary/aromatic N) is 1. The van der Waals surface area contributed by atoms with Gasteiger partial charge in [-0.3, -0.25) is 4.79 Å². The van der Waals surface area contributed by atoms with Gasteiger partial charge >= 0.3 is 0 Å². The maximum Gasteiger partial charge on any atom is 0.251 e. The average molecular weight is 468 g/mol. The van der Waals surface area contributed by atoms with Crippen molar-refractivity contribution < 1.29 is 23.1 Å². The zero-order valence-corrected chi connectivity index (χ0v) is 20.6. The molecule has 1 amide bonds. The second-order valence-electron chi connectivity index (χ2n) is 10.0. The summed E-state index contributed by atoms with van der Waals surface area (Å²) >= 11 is 0. The third kappa shape index (κ3) is 4.53. The van der Waals surface area contributed by atoms with Crippen LogP contribution in [0.4, 0.5) is 5.69 Å². The number of hydrogen-bond acceptors (Lipinski definition) is 6. The van der Waals surface area contributed by atoms with Crippen molar-refractivity contribution in [1.29, 1.82) is 0 Å². The maximum absolute atomic E-state index is 13.3. The maximum atomic E-state index is 13.3. The van der Waals surface area contributed by atoms with Crippen molar-refractivity contribution in [1.82, 2.24) is 9.62 Å². The van der Waals surface area contributed by atoms with Gasteiger partial charge in [0.05, 0.1) is 18.9 Å². The predicted octanol–water partition coefficient (Wildman–Crippen LogP) is 2.30. The summed E-state index contributed by atoms with van der Waals surface area (Å²) in [5.41, 5.74) is 0.776. The van der Waals surface area contributed by atoms with E-state index in [-0.39, 0.29) is 40.8 Å². The number of ether oxygens (including phenoxy) is 1. The van der Waals surface area contributed by atoms with E-state index in [2.05, 4.69) is 31.4 Å². The largest absolute Gasteiger partial charge is 0.395 e. The molecule has 3 N–H and O–H groups in total. The van der Waals surface area contributed by atoms with Crippen LogP contribution in [0.5, 0.6) is 0 Å². The zero-order chi connectivity index (χ0) is 23.7. The van der Waals surface area contributed by atoms with Crippen molar-refractivity contribution in [2.45, 2.75) is 51.0 Å². The smallest absolute Gasteiger partial charge is 0.251 e. The van der Waals surface area contributed by atoms with Crippen molar-refractivity contribution in [3.63, 3.8) is 0 Å². The van der Waals surface area contributed by atoms with E-state index < -0.39 is 10.0 Å². The second kappa shape index (κ2) is 9.29. The van der Waals surface area contributed by atoms with Gasteiger partial charge in [-0.15, -0.1) is 0 Å². The minimum Gasteiger partial charge on any atom is -0.395 e. The highest BCUT2D eigenvalue weighted by molar-refractivity contribution is 7.89. The molecule has 2 bridgehead atoms. The van der Waals surface area contributed by atoms with E-state index in [9.17, 15) is 18.3 Å². The summed E-state index contributed by atoms with van der Waals surface area (Å²) in [6.07, 6.45) is 3.40. The quantitative estimate of drug-likeness (QED) is 0.456. The van der Waals surface area contributed by atoms with Gasteiger partial charge in [-0.1, -0.05) is 20.8 Å². The summed E-state index contributed by atoms with van der Waals surface area (Å²) in [4.78, 5) is 13.3. The molecule has 8 nitrogen and oxygen atoms in total. The van der Waals surface area contributed by atoms with Crippen LogP contribution in [0.3, 0.4) is 0 Å². The molecule has 0 spiro atoms. The Morgan fingerprint density at radius 3 is 2.62 bits per heavy atom. The number of fused-ring (bicyclic) bond motifs is 2. The third-order valence-corrected chi connectivity index (χ3v) is 9.41. The molecule has 180 valence electrons. The number of sulfonamides is 1. The van der Waals surface area contributed by atoms with E-state index in [0.29, 0.717) is 30.3 Å². The normalized spacial score (nSPS) is 26.5. The van der Waals surface area contributed by atoms with Gasteiger partial charge in [0.2, 0.25) is 10.0 Å². The Labute approximate surface area is 191 Å². The number of nitrogens with one attached hydrogen (secondary N) is 2. The molecule has 0 aromatic heterocycles. The molecule has 0 heterocycles. The Hall–Kier alpha value is -1.68. The van der Waals surface area contributed by atoms with Gasteiger partial charge in [-0.2, -0.15) is 4.31 Å². The van der Waals surface area contributed by atoms with E-state index in [0.717, 1.165) is 17.1 Å². The SMILES string of the molecule is COCCNc1ccc(C(=O)NC2C(C)(C)[C@@H]3CC[C@@]2(C)C3)cc1S(=O)(=O)N(C)CCO. The molecule has 0 radical (unpaired) electrons. The first-order valence-electron chi connectivity index (χ1n) is 11.2. The fourth-order valence-electron chi connectivity index (χ4n) is 5.62. The van der Waals surface area contributed by atoms with E-state index >= 15 is 0 Å². The highest BCUT2D eigenvalue weighted by Crippen LogP contribution is 2.62. The van der Waals surface area contributed by atoms with E-state index in [1.807, 2.05) is 0 Å². The summed E-state index contributed by atoms with van der Waals surface area (Å²) in [5.74, 6) is 0.329. The molecule has 1 aromatic carbocycles. The van der Waals surface area contributed by atoms with Gasteiger partial charge in [-0.05, 0) is 54.2 Å². The summed E-state index contributed by atoms with van der Waals surface area (Å²) in [6, 6.07) is 4.74. The van der Waals surface area contributed by atoms with Crippen LogP contribution in [0.15, 0.2) is 23.1 Å². The summed E-state index contributed by atoms with van der Waals surface area (Å²) in [6.45, 7) is 7.18. The van der Waals surface area contributed by atoms with Crippen molar-refractivity contribution >= 4 is 21.6 Å². The molecular weight excluding hydrogens is 430 g/mol. The molecule has 2 fully saturated rings. The Morgan fingerprint density at radius 1 is 1.31 bits per heavy atom. The van der Waals surface area contributed by atoms with Crippen LogP contribution in [0.2, 0.25) is 0 Å². The first kappa shape index (κ1) is 25.0. The minimum atomic E-state index is -3.91. The lowest BCUT2D eigenvalue weighted by molar-refractivity contribution is 0.0737. The monoisotopic (exact) mass is 467 g/mol. The summed E-state index contributed by atoms with van der Waals surface area (Å²) in [5, 5.41) is 15.5. The molecule has 1 unspecified atom stereocenters. The van der Waals surface area contributed by atoms with Gasteiger partial charge in [0, 0.05) is 38.9 Å². The lowest BCUT2D eigenvalue weighted by Gasteiger charge is -2.43. The molecule has 9 heteroatoms. The lowest BCUT2D eigenvalue weighted by atomic mass is 9.68. The fraction of sp³-hybridized carbons (Fsp3) is 0.696. The van der Waals surface area contributed by atoms with Crippen LogP contribution in [0.25, 0.3) is 0 Å². The Bertz CT molecular complexity index is 944. The van der Waals surface area contributed by atoms with Crippen LogP contribution in [-0.4, -0.2) is 70.2 Å². The zero-order valence-electron chi connectivity index (χ0n) is 19.8. The van der Waals surface area contributed by atoms with Gasteiger partial charge in [-0.25, -0.2) is 8.42 Å². The number of anilines is 1. The molecule has 3 rings (SSSR count). The van der Waals surface area contributed by atoms with E-state index in [1.54, 1.807) is 19.2 Å². The Kier molecular flexibility index (Phi) is 7.24. The fourth-order valence-corrected chi connectivity index (χ4v) is 6.97. The highest BCUT2D eigenvalue weighted by Gasteiger charge is 2.59. The van der Waals surface area contributed by atoms with Crippen LogP contribution < -0.4 is 10.6 Å². The van der Waals surface area contributed by atoms with Crippen molar-refractivity contribution in [3.8, 4) is 0 Å². The Morgan fingerprint density at radius 2 is 2.03 bits per heavy atom. The number of aliphatic hydroxyl groups excluding tert-OH is 1. The standard InChI is InChI=1S/C23H37N3O5S/c1-22(2)17-8-9-23(3,15-17)21(22)25-20(28)16-6-7-18(24-10-13-31-5)19(14-16)32(29,30)26(4)11-12-27/h6-7,14,17,21,24,27H,8-13,15H2,1-5H3,(H,25,28)/t17-,21?,23+/m1/s1. The first-order chi connectivity index (χ1) is 15.0. The Balaban J connectivity index is 1.91. The third-order valence-electron chi connectivity index (χ3n) is 7.51. The van der Waals surface area contributed by atoms with Crippen molar-refractivity contribution in [3.05, 3.63) is 23.8 Å². The predicted molar refractivity (Wildman–Crippen MR) is 124 cm³/mol. The van der Waals surface area contributed by atoms with Crippen molar-refractivity contribution in [2.75, 3.05) is 45.8 Å². The number of likely N-dealkylation sites (N-methyl/N-ethyl adjacent to an activating group) is 1. The number of rotatable bonds is 10. The van der Waals surface area contributed by atoms with Crippen LogP contribution in [0, 0.1) is 16.7 Å². The highest BCUT2D eigenvalue weighted by atomic mass is 32.2. The number of amides is 1. The molecule has 0 aliphatic heterocycles. The molecule has 2 aliphatic carbocycles. The number of carbonyl (C=O) groups is 1. The molecule has 2 aliphatic rings.